The lowest BCUT2D eigenvalue weighted by molar-refractivity contribution is -0.136. The van der Waals surface area contributed by atoms with E-state index >= 15 is 0 Å². The van der Waals surface area contributed by atoms with Crippen molar-refractivity contribution in [3.05, 3.63) is 84.2 Å². The molecular formula is C19H13F3N2O. The molecule has 0 bridgehead atoms. The molecule has 0 aliphatic heterocycles. The van der Waals surface area contributed by atoms with E-state index in [2.05, 4.69) is 10.3 Å². The Morgan fingerprint density at radius 2 is 1.68 bits per heavy atom. The number of benzene rings is 2. The van der Waals surface area contributed by atoms with E-state index in [-0.39, 0.29) is 11.3 Å². The second-order valence-electron chi connectivity index (χ2n) is 5.32. The van der Waals surface area contributed by atoms with Gasteiger partial charge in [-0.2, -0.15) is 13.2 Å². The average molecular weight is 342 g/mol. The maximum Gasteiger partial charge on any atom is 0.418 e. The van der Waals surface area contributed by atoms with Crippen molar-refractivity contribution in [3.63, 3.8) is 0 Å². The fourth-order valence-corrected chi connectivity index (χ4v) is 2.39. The van der Waals surface area contributed by atoms with Crippen molar-refractivity contribution in [1.29, 1.82) is 0 Å². The standard InChI is InChI=1S/C19H13F3N2O/c20-19(21,22)16-11-14(13-5-2-1-3-6-13)8-9-17(16)24-18(25)15-7-4-10-23-12-15/h1-12H,(H,24,25). The largest absolute Gasteiger partial charge is 0.418 e. The first kappa shape index (κ1) is 16.7. The molecule has 1 amide bonds. The summed E-state index contributed by atoms with van der Waals surface area (Å²) in [5.74, 6) is -0.647. The number of nitrogens with one attached hydrogen (secondary N) is 1. The number of carbonyl (C=O) groups is 1. The minimum Gasteiger partial charge on any atom is -0.321 e. The number of aromatic nitrogens is 1. The molecule has 0 unspecified atom stereocenters. The lowest BCUT2D eigenvalue weighted by Gasteiger charge is -2.15. The van der Waals surface area contributed by atoms with Crippen LogP contribution < -0.4 is 5.32 Å². The third-order valence-electron chi connectivity index (χ3n) is 3.60. The molecule has 0 radical (unpaired) electrons. The summed E-state index contributed by atoms with van der Waals surface area (Å²) in [6.07, 6.45) is -1.82. The molecule has 1 aromatic heterocycles. The summed E-state index contributed by atoms with van der Waals surface area (Å²) in [5.41, 5.74) is 0.0836. The molecule has 3 nitrogen and oxygen atoms in total. The zero-order valence-corrected chi connectivity index (χ0v) is 12.9. The SMILES string of the molecule is O=C(Nc1ccc(-c2ccccc2)cc1C(F)(F)F)c1cccnc1. The number of pyridine rings is 1. The number of alkyl halides is 3. The first-order valence-corrected chi connectivity index (χ1v) is 7.43. The number of anilines is 1. The predicted octanol–water partition coefficient (Wildman–Crippen LogP) is 5.02. The molecule has 3 rings (SSSR count). The van der Waals surface area contributed by atoms with E-state index in [0.29, 0.717) is 11.1 Å². The van der Waals surface area contributed by atoms with Crippen LogP contribution in [0.3, 0.4) is 0 Å². The summed E-state index contributed by atoms with van der Waals surface area (Å²) in [4.78, 5) is 15.9. The van der Waals surface area contributed by atoms with E-state index in [9.17, 15) is 18.0 Å². The number of halogens is 3. The van der Waals surface area contributed by atoms with Gasteiger partial charge in [0.15, 0.2) is 0 Å². The molecule has 6 heteroatoms. The number of rotatable bonds is 3. The maximum absolute atomic E-state index is 13.4. The summed E-state index contributed by atoms with van der Waals surface area (Å²) in [7, 11) is 0. The van der Waals surface area contributed by atoms with E-state index in [4.69, 9.17) is 0 Å². The van der Waals surface area contributed by atoms with Crippen LogP contribution in [0.15, 0.2) is 73.1 Å². The Kier molecular flexibility index (Phi) is 4.52. The molecule has 0 aliphatic carbocycles. The first-order valence-electron chi connectivity index (χ1n) is 7.43. The highest BCUT2D eigenvalue weighted by Crippen LogP contribution is 2.37. The summed E-state index contributed by atoms with van der Waals surface area (Å²) in [5, 5.41) is 2.31. The topological polar surface area (TPSA) is 42.0 Å². The molecule has 0 saturated carbocycles. The van der Waals surface area contributed by atoms with Crippen LogP contribution in [0.25, 0.3) is 11.1 Å². The number of nitrogens with zero attached hydrogens (tertiary/aromatic N) is 1. The Labute approximate surface area is 142 Å². The van der Waals surface area contributed by atoms with Gasteiger partial charge in [-0.15, -0.1) is 0 Å². The van der Waals surface area contributed by atoms with Crippen LogP contribution in [0.5, 0.6) is 0 Å². The number of carbonyl (C=O) groups excluding carboxylic acids is 1. The van der Waals surface area contributed by atoms with Gasteiger partial charge in [-0.1, -0.05) is 36.4 Å². The van der Waals surface area contributed by atoms with Gasteiger partial charge in [0.1, 0.15) is 0 Å². The second-order valence-corrected chi connectivity index (χ2v) is 5.32. The van der Waals surface area contributed by atoms with Gasteiger partial charge in [-0.05, 0) is 35.4 Å². The lowest BCUT2D eigenvalue weighted by atomic mass is 10.0. The molecule has 126 valence electrons. The van der Waals surface area contributed by atoms with Gasteiger partial charge < -0.3 is 5.32 Å². The lowest BCUT2D eigenvalue weighted by Crippen LogP contribution is -2.17. The number of amides is 1. The molecule has 0 atom stereocenters. The van der Waals surface area contributed by atoms with Crippen LogP contribution in [0.1, 0.15) is 15.9 Å². The van der Waals surface area contributed by atoms with Crippen LogP contribution >= 0.6 is 0 Å². The molecular weight excluding hydrogens is 329 g/mol. The van der Waals surface area contributed by atoms with Crippen LogP contribution in [0, 0.1) is 0 Å². The van der Waals surface area contributed by atoms with E-state index in [1.54, 1.807) is 36.4 Å². The van der Waals surface area contributed by atoms with E-state index in [0.717, 1.165) is 6.07 Å². The fourth-order valence-electron chi connectivity index (χ4n) is 2.39. The Balaban J connectivity index is 1.98. The van der Waals surface area contributed by atoms with E-state index in [1.165, 1.54) is 30.6 Å². The van der Waals surface area contributed by atoms with Crippen LogP contribution in [0.2, 0.25) is 0 Å². The van der Waals surface area contributed by atoms with Gasteiger partial charge in [-0.3, -0.25) is 9.78 Å². The summed E-state index contributed by atoms with van der Waals surface area (Å²) < 4.78 is 40.3. The van der Waals surface area contributed by atoms with Crippen LogP contribution in [-0.4, -0.2) is 10.9 Å². The smallest absolute Gasteiger partial charge is 0.321 e. The highest BCUT2D eigenvalue weighted by atomic mass is 19.4. The third-order valence-corrected chi connectivity index (χ3v) is 3.60. The van der Waals surface area contributed by atoms with Crippen molar-refractivity contribution >= 4 is 11.6 Å². The molecule has 0 fully saturated rings. The van der Waals surface area contributed by atoms with Crippen LogP contribution in [-0.2, 0) is 6.18 Å². The monoisotopic (exact) mass is 342 g/mol. The van der Waals surface area contributed by atoms with Gasteiger partial charge >= 0.3 is 6.18 Å². The highest BCUT2D eigenvalue weighted by molar-refractivity contribution is 6.04. The molecule has 0 aliphatic rings. The zero-order valence-electron chi connectivity index (χ0n) is 12.9. The van der Waals surface area contributed by atoms with Crippen molar-refractivity contribution in [2.24, 2.45) is 0 Å². The molecule has 0 spiro atoms. The Hall–Kier alpha value is -3.15. The first-order chi connectivity index (χ1) is 11.9. The predicted molar refractivity (Wildman–Crippen MR) is 89.1 cm³/mol. The number of hydrogen-bond acceptors (Lipinski definition) is 2. The molecule has 1 heterocycles. The van der Waals surface area contributed by atoms with Gasteiger partial charge in [-0.25, -0.2) is 0 Å². The Morgan fingerprint density at radius 1 is 0.920 bits per heavy atom. The van der Waals surface area contributed by atoms with Crippen molar-refractivity contribution in [1.82, 2.24) is 4.98 Å². The molecule has 0 saturated heterocycles. The normalized spacial score (nSPS) is 11.2. The highest BCUT2D eigenvalue weighted by Gasteiger charge is 2.34. The van der Waals surface area contributed by atoms with Gasteiger partial charge in [0.2, 0.25) is 0 Å². The quantitative estimate of drug-likeness (QED) is 0.726. The number of hydrogen-bond donors (Lipinski definition) is 1. The molecule has 3 aromatic rings. The molecule has 1 N–H and O–H groups in total. The zero-order chi connectivity index (χ0) is 17.9. The fraction of sp³-hybridized carbons (Fsp3) is 0.0526. The van der Waals surface area contributed by atoms with Gasteiger partial charge in [0.25, 0.3) is 5.91 Å². The molecule has 2 aromatic carbocycles. The molecule has 25 heavy (non-hydrogen) atoms. The minimum atomic E-state index is -4.59. The van der Waals surface area contributed by atoms with Crippen molar-refractivity contribution in [2.45, 2.75) is 6.18 Å². The van der Waals surface area contributed by atoms with Crippen molar-refractivity contribution in [3.8, 4) is 11.1 Å². The average Bonchev–Trinajstić information content (AvgIpc) is 2.62. The minimum absolute atomic E-state index is 0.183. The van der Waals surface area contributed by atoms with Crippen molar-refractivity contribution in [2.75, 3.05) is 5.32 Å². The third kappa shape index (κ3) is 3.85. The van der Waals surface area contributed by atoms with E-state index < -0.39 is 17.6 Å². The van der Waals surface area contributed by atoms with Crippen LogP contribution in [0.4, 0.5) is 18.9 Å². The second kappa shape index (κ2) is 6.76. The van der Waals surface area contributed by atoms with Crippen molar-refractivity contribution < 1.29 is 18.0 Å². The Bertz CT molecular complexity index is 878. The van der Waals surface area contributed by atoms with Gasteiger partial charge in [0.05, 0.1) is 16.8 Å². The summed E-state index contributed by atoms with van der Waals surface area (Å²) in [6.45, 7) is 0. The Morgan fingerprint density at radius 3 is 2.32 bits per heavy atom. The summed E-state index contributed by atoms with van der Waals surface area (Å²) >= 11 is 0. The maximum atomic E-state index is 13.4. The van der Waals surface area contributed by atoms with E-state index in [1.807, 2.05) is 0 Å². The van der Waals surface area contributed by atoms with Gasteiger partial charge in [0, 0.05) is 12.4 Å². The summed E-state index contributed by atoms with van der Waals surface area (Å²) in [6, 6.07) is 15.6.